The van der Waals surface area contributed by atoms with E-state index < -0.39 is 0 Å². The van der Waals surface area contributed by atoms with Gasteiger partial charge in [0.05, 0.1) is 37.6 Å². The molecule has 2 unspecified atom stereocenters. The Morgan fingerprint density at radius 3 is 1.29 bits per heavy atom. The van der Waals surface area contributed by atoms with Gasteiger partial charge in [-0.1, -0.05) is 50.3 Å². The van der Waals surface area contributed by atoms with Gasteiger partial charge in [-0.25, -0.2) is 0 Å². The van der Waals surface area contributed by atoms with Crippen LogP contribution in [0.2, 0.25) is 0 Å². The molecule has 0 spiro atoms. The van der Waals surface area contributed by atoms with Crippen LogP contribution >= 0.6 is 0 Å². The predicted octanol–water partition coefficient (Wildman–Crippen LogP) is 9.19. The van der Waals surface area contributed by atoms with Crippen molar-refractivity contribution in [3.63, 3.8) is 0 Å². The average Bonchev–Trinajstić information content (AvgIpc) is 2.95. The maximum absolute atomic E-state index is 5.97. The zero-order valence-corrected chi connectivity index (χ0v) is 24.3. The van der Waals surface area contributed by atoms with Crippen molar-refractivity contribution in [1.82, 2.24) is 0 Å². The Hall–Kier alpha value is -2.56. The maximum Gasteiger partial charge on any atom is 0.119 e. The van der Waals surface area contributed by atoms with Crippen molar-refractivity contribution in [3.05, 3.63) is 73.8 Å². The SMILES string of the molecule is C=CCOC(C)(CC)CCCCOc1ccc(-c2ccc(OCCCCC(C)(CC)OCC=C)cc2)cc1. The lowest BCUT2D eigenvalue weighted by atomic mass is 9.96. The molecule has 2 rings (SSSR count). The van der Waals surface area contributed by atoms with E-state index in [4.69, 9.17) is 18.9 Å². The van der Waals surface area contributed by atoms with Gasteiger partial charge in [0.15, 0.2) is 0 Å². The molecular formula is C34H50O4. The Labute approximate surface area is 232 Å². The molecular weight excluding hydrogens is 472 g/mol. The molecule has 0 saturated heterocycles. The Kier molecular flexibility index (Phi) is 14.3. The Balaban J connectivity index is 1.70. The number of unbranched alkanes of at least 4 members (excludes halogenated alkanes) is 2. The van der Waals surface area contributed by atoms with Gasteiger partial charge in [-0.05, 0) is 101 Å². The van der Waals surface area contributed by atoms with Crippen molar-refractivity contribution < 1.29 is 18.9 Å². The van der Waals surface area contributed by atoms with Crippen molar-refractivity contribution in [3.8, 4) is 22.6 Å². The van der Waals surface area contributed by atoms with Gasteiger partial charge in [-0.2, -0.15) is 0 Å². The van der Waals surface area contributed by atoms with E-state index in [9.17, 15) is 0 Å². The van der Waals surface area contributed by atoms with Crippen molar-refractivity contribution >= 4 is 0 Å². The highest BCUT2D eigenvalue weighted by atomic mass is 16.5. The Bertz CT molecular complexity index is 843. The molecule has 4 nitrogen and oxygen atoms in total. The summed E-state index contributed by atoms with van der Waals surface area (Å²) in [5.74, 6) is 1.81. The van der Waals surface area contributed by atoms with Crippen LogP contribution in [0.3, 0.4) is 0 Å². The Morgan fingerprint density at radius 2 is 0.974 bits per heavy atom. The van der Waals surface area contributed by atoms with Crippen molar-refractivity contribution in [2.75, 3.05) is 26.4 Å². The van der Waals surface area contributed by atoms with Crippen LogP contribution in [0.15, 0.2) is 73.8 Å². The number of hydrogen-bond acceptors (Lipinski definition) is 4. The van der Waals surface area contributed by atoms with E-state index in [2.05, 4.69) is 65.1 Å². The van der Waals surface area contributed by atoms with Gasteiger partial charge in [0.2, 0.25) is 0 Å². The van der Waals surface area contributed by atoms with E-state index in [1.54, 1.807) is 0 Å². The van der Waals surface area contributed by atoms with E-state index in [1.165, 1.54) is 11.1 Å². The molecule has 2 aromatic carbocycles. The smallest absolute Gasteiger partial charge is 0.119 e. The lowest BCUT2D eigenvalue weighted by molar-refractivity contribution is -0.0277. The molecule has 0 aliphatic rings. The molecule has 4 heteroatoms. The lowest BCUT2D eigenvalue weighted by Crippen LogP contribution is -2.28. The molecule has 0 amide bonds. The number of hydrogen-bond donors (Lipinski definition) is 0. The minimum atomic E-state index is -0.0756. The topological polar surface area (TPSA) is 36.9 Å². The van der Waals surface area contributed by atoms with Gasteiger partial charge in [0.1, 0.15) is 11.5 Å². The molecule has 0 saturated carbocycles. The van der Waals surface area contributed by atoms with Crippen LogP contribution in [0.1, 0.15) is 79.1 Å². The first kappa shape index (κ1) is 31.7. The summed E-state index contributed by atoms with van der Waals surface area (Å²) >= 11 is 0. The van der Waals surface area contributed by atoms with Gasteiger partial charge < -0.3 is 18.9 Å². The summed E-state index contributed by atoms with van der Waals surface area (Å²) < 4.78 is 23.8. The molecule has 0 aliphatic heterocycles. The molecule has 0 heterocycles. The second-order valence-electron chi connectivity index (χ2n) is 10.5. The van der Waals surface area contributed by atoms with E-state index in [1.807, 2.05) is 36.4 Å². The normalized spacial score (nSPS) is 14.3. The van der Waals surface area contributed by atoms with Crippen LogP contribution in [0.5, 0.6) is 11.5 Å². The maximum atomic E-state index is 5.97. The molecule has 0 bridgehead atoms. The van der Waals surface area contributed by atoms with Gasteiger partial charge in [0.25, 0.3) is 0 Å². The molecule has 0 aliphatic carbocycles. The van der Waals surface area contributed by atoms with Crippen LogP contribution in [0, 0.1) is 0 Å². The van der Waals surface area contributed by atoms with Crippen molar-refractivity contribution in [2.24, 2.45) is 0 Å². The zero-order valence-electron chi connectivity index (χ0n) is 24.3. The number of benzene rings is 2. The van der Waals surface area contributed by atoms with Crippen LogP contribution in [0.25, 0.3) is 11.1 Å². The van der Waals surface area contributed by atoms with E-state index in [0.717, 1.165) is 62.9 Å². The largest absolute Gasteiger partial charge is 0.494 e. The highest BCUT2D eigenvalue weighted by Gasteiger charge is 2.22. The molecule has 210 valence electrons. The molecule has 0 radical (unpaired) electrons. The standard InChI is InChI=1S/C34H50O4/c1-7-25-37-33(5,9-3)23-11-13-27-35-31-19-15-29(16-20-31)30-17-21-32(22-18-30)36-28-14-12-24-34(6,10-4)38-26-8-2/h7-8,15-22H,1-2,9-14,23-28H2,3-6H3. The highest BCUT2D eigenvalue weighted by Crippen LogP contribution is 2.26. The van der Waals surface area contributed by atoms with Crippen molar-refractivity contribution in [1.29, 1.82) is 0 Å². The first-order valence-electron chi connectivity index (χ1n) is 14.3. The average molecular weight is 523 g/mol. The van der Waals surface area contributed by atoms with E-state index in [-0.39, 0.29) is 11.2 Å². The third-order valence-corrected chi connectivity index (χ3v) is 7.37. The predicted molar refractivity (Wildman–Crippen MR) is 160 cm³/mol. The second-order valence-corrected chi connectivity index (χ2v) is 10.5. The number of rotatable bonds is 21. The quantitative estimate of drug-likeness (QED) is 0.121. The van der Waals surface area contributed by atoms with Crippen molar-refractivity contribution in [2.45, 2.75) is 90.3 Å². The Morgan fingerprint density at radius 1 is 0.605 bits per heavy atom. The molecule has 0 aromatic heterocycles. The molecule has 2 atom stereocenters. The zero-order chi connectivity index (χ0) is 27.7. The van der Waals surface area contributed by atoms with Crippen LogP contribution in [-0.2, 0) is 9.47 Å². The summed E-state index contributed by atoms with van der Waals surface area (Å²) in [4.78, 5) is 0. The lowest BCUT2D eigenvalue weighted by Gasteiger charge is -2.28. The highest BCUT2D eigenvalue weighted by molar-refractivity contribution is 5.64. The summed E-state index contributed by atoms with van der Waals surface area (Å²) in [6.45, 7) is 18.8. The minimum absolute atomic E-state index is 0.0756. The van der Waals surface area contributed by atoms with E-state index >= 15 is 0 Å². The van der Waals surface area contributed by atoms with Crippen LogP contribution in [-0.4, -0.2) is 37.6 Å². The fourth-order valence-electron chi connectivity index (χ4n) is 4.29. The third kappa shape index (κ3) is 11.4. The summed E-state index contributed by atoms with van der Waals surface area (Å²) in [7, 11) is 0. The fourth-order valence-corrected chi connectivity index (χ4v) is 4.29. The summed E-state index contributed by atoms with van der Waals surface area (Å²) in [6.07, 6.45) is 11.9. The van der Waals surface area contributed by atoms with E-state index in [0.29, 0.717) is 26.4 Å². The minimum Gasteiger partial charge on any atom is -0.494 e. The van der Waals surface area contributed by atoms with Crippen LogP contribution in [0.4, 0.5) is 0 Å². The van der Waals surface area contributed by atoms with Gasteiger partial charge in [-0.3, -0.25) is 0 Å². The number of ether oxygens (including phenoxy) is 4. The van der Waals surface area contributed by atoms with Gasteiger partial charge in [0, 0.05) is 0 Å². The summed E-state index contributed by atoms with van der Waals surface area (Å²) in [6, 6.07) is 16.6. The third-order valence-electron chi connectivity index (χ3n) is 7.37. The molecule has 2 aromatic rings. The van der Waals surface area contributed by atoms with Gasteiger partial charge >= 0.3 is 0 Å². The summed E-state index contributed by atoms with van der Waals surface area (Å²) in [5.41, 5.74) is 2.18. The molecule has 0 fully saturated rings. The molecule has 0 N–H and O–H groups in total. The fraction of sp³-hybridized carbons (Fsp3) is 0.529. The summed E-state index contributed by atoms with van der Waals surface area (Å²) in [5, 5.41) is 0. The first-order valence-corrected chi connectivity index (χ1v) is 14.3. The molecule has 38 heavy (non-hydrogen) atoms. The van der Waals surface area contributed by atoms with Crippen LogP contribution < -0.4 is 9.47 Å². The van der Waals surface area contributed by atoms with Gasteiger partial charge in [-0.15, -0.1) is 13.2 Å². The second kappa shape index (κ2) is 17.1. The monoisotopic (exact) mass is 522 g/mol. The first-order chi connectivity index (χ1) is 18.4.